The third-order valence-electron chi connectivity index (χ3n) is 1.42. The molecule has 0 unspecified atom stereocenters. The number of carbonyl (C=O) groups is 2. The Labute approximate surface area is 92.9 Å². The first-order valence-electron chi connectivity index (χ1n) is 4.54. The Morgan fingerprint density at radius 2 is 2.20 bits per heavy atom. The van der Waals surface area contributed by atoms with Gasteiger partial charge >= 0.3 is 5.97 Å². The molecule has 4 nitrogen and oxygen atoms in total. The minimum absolute atomic E-state index is 0.296. The summed E-state index contributed by atoms with van der Waals surface area (Å²) in [6.45, 7) is 3.14. The summed E-state index contributed by atoms with van der Waals surface area (Å²) in [5.74, 6) is -1.35. The van der Waals surface area contributed by atoms with Gasteiger partial charge < -0.3 is 10.4 Å². The molecule has 84 valence electrons. The summed E-state index contributed by atoms with van der Waals surface area (Å²) in [5.41, 5.74) is 0. The van der Waals surface area contributed by atoms with Crippen LogP contribution in [0, 0.1) is 0 Å². The quantitative estimate of drug-likeness (QED) is 0.825. The predicted molar refractivity (Wildman–Crippen MR) is 60.0 cm³/mol. The maximum absolute atomic E-state index is 9.97. The van der Waals surface area contributed by atoms with Crippen molar-refractivity contribution in [3.8, 4) is 0 Å². The fourth-order valence-electron chi connectivity index (χ4n) is 0.714. The summed E-state index contributed by atoms with van der Waals surface area (Å²) >= 11 is 1.82. The Hall–Kier alpha value is -1.36. The van der Waals surface area contributed by atoms with Crippen molar-refractivity contribution < 1.29 is 14.7 Å². The van der Waals surface area contributed by atoms with Gasteiger partial charge in [-0.25, -0.2) is 0 Å². The highest BCUT2D eigenvalue weighted by Crippen LogP contribution is 2.07. The lowest BCUT2D eigenvalue weighted by Gasteiger charge is -1.92. The van der Waals surface area contributed by atoms with E-state index >= 15 is 0 Å². The van der Waals surface area contributed by atoms with Crippen LogP contribution in [-0.2, 0) is 16.0 Å². The van der Waals surface area contributed by atoms with E-state index in [2.05, 4.69) is 29.8 Å². The van der Waals surface area contributed by atoms with Crippen molar-refractivity contribution in [1.29, 1.82) is 0 Å². The van der Waals surface area contributed by atoms with Crippen molar-refractivity contribution >= 4 is 23.2 Å². The second-order valence-electron chi connectivity index (χ2n) is 2.74. The van der Waals surface area contributed by atoms with Crippen LogP contribution >= 0.6 is 11.3 Å². The molecular weight excluding hydrogens is 214 g/mol. The van der Waals surface area contributed by atoms with Gasteiger partial charge in [0.25, 0.3) is 0 Å². The molecule has 1 aromatic rings. The molecule has 0 saturated heterocycles. The van der Waals surface area contributed by atoms with Crippen LogP contribution < -0.4 is 5.32 Å². The molecule has 0 fully saturated rings. The van der Waals surface area contributed by atoms with Gasteiger partial charge in [-0.15, -0.1) is 11.3 Å². The molecule has 0 saturated carbocycles. The zero-order valence-electron chi connectivity index (χ0n) is 8.82. The molecule has 15 heavy (non-hydrogen) atoms. The van der Waals surface area contributed by atoms with Crippen LogP contribution in [0.15, 0.2) is 17.5 Å². The van der Waals surface area contributed by atoms with Crippen molar-refractivity contribution in [3.63, 3.8) is 0 Å². The molecule has 1 heterocycles. The molecule has 2 N–H and O–H groups in total. The number of carboxylic acids is 1. The zero-order chi connectivity index (χ0) is 11.7. The first-order valence-corrected chi connectivity index (χ1v) is 5.42. The van der Waals surface area contributed by atoms with Crippen LogP contribution in [0.1, 0.15) is 18.7 Å². The highest BCUT2D eigenvalue weighted by molar-refractivity contribution is 7.09. The number of hydrogen-bond donors (Lipinski definition) is 2. The Kier molecular flexibility index (Phi) is 7.27. The fourth-order valence-corrected chi connectivity index (χ4v) is 1.37. The van der Waals surface area contributed by atoms with Crippen LogP contribution in [0.2, 0.25) is 0 Å². The van der Waals surface area contributed by atoms with Gasteiger partial charge in [-0.3, -0.25) is 9.59 Å². The van der Waals surface area contributed by atoms with Gasteiger partial charge in [-0.05, 0) is 17.9 Å². The van der Waals surface area contributed by atoms with Crippen molar-refractivity contribution in [3.05, 3.63) is 22.4 Å². The molecule has 0 radical (unpaired) electrons. The SMILES string of the molecule is CC(=O)NCC(=O)O.CCc1cccs1. The number of rotatable bonds is 3. The van der Waals surface area contributed by atoms with E-state index in [1.807, 2.05) is 11.3 Å². The third kappa shape index (κ3) is 8.96. The van der Waals surface area contributed by atoms with Crippen LogP contribution in [0.4, 0.5) is 0 Å². The van der Waals surface area contributed by atoms with Crippen molar-refractivity contribution in [2.45, 2.75) is 20.3 Å². The van der Waals surface area contributed by atoms with Crippen LogP contribution in [0.3, 0.4) is 0 Å². The minimum Gasteiger partial charge on any atom is -0.480 e. The molecule has 1 rings (SSSR count). The smallest absolute Gasteiger partial charge is 0.322 e. The predicted octanol–water partition coefficient (Wildman–Crippen LogP) is 1.52. The van der Waals surface area contributed by atoms with E-state index in [0.717, 1.165) is 0 Å². The Bertz CT molecular complexity index is 282. The summed E-state index contributed by atoms with van der Waals surface area (Å²) in [5, 5.41) is 12.2. The first-order chi connectivity index (χ1) is 7.06. The molecule has 0 aromatic carbocycles. The second kappa shape index (κ2) is 7.99. The number of nitrogens with one attached hydrogen (secondary N) is 1. The monoisotopic (exact) mass is 229 g/mol. The van der Waals surface area contributed by atoms with Gasteiger partial charge in [0.05, 0.1) is 0 Å². The lowest BCUT2D eigenvalue weighted by Crippen LogP contribution is -2.26. The Morgan fingerprint density at radius 3 is 2.40 bits per heavy atom. The van der Waals surface area contributed by atoms with Gasteiger partial charge in [0, 0.05) is 11.8 Å². The number of amides is 1. The van der Waals surface area contributed by atoms with Crippen molar-refractivity contribution in [2.24, 2.45) is 0 Å². The molecule has 0 aliphatic carbocycles. The van der Waals surface area contributed by atoms with Crippen LogP contribution in [-0.4, -0.2) is 23.5 Å². The highest BCUT2D eigenvalue weighted by Gasteiger charge is 1.94. The molecule has 0 aliphatic rings. The van der Waals surface area contributed by atoms with E-state index in [4.69, 9.17) is 5.11 Å². The normalized spacial score (nSPS) is 8.67. The number of aliphatic carboxylic acids is 1. The molecule has 0 atom stereocenters. The number of carboxylic acid groups (broad SMARTS) is 1. The van der Waals surface area contributed by atoms with E-state index in [9.17, 15) is 9.59 Å². The number of thiophene rings is 1. The maximum Gasteiger partial charge on any atom is 0.322 e. The average molecular weight is 229 g/mol. The molecule has 1 aromatic heterocycles. The largest absolute Gasteiger partial charge is 0.480 e. The second-order valence-corrected chi connectivity index (χ2v) is 3.77. The van der Waals surface area contributed by atoms with Crippen LogP contribution in [0.5, 0.6) is 0 Å². The fraction of sp³-hybridized carbons (Fsp3) is 0.400. The molecular formula is C10H15NO3S. The Balaban J connectivity index is 0.000000262. The summed E-state index contributed by atoms with van der Waals surface area (Å²) in [6.07, 6.45) is 1.18. The minimum atomic E-state index is -1.03. The van der Waals surface area contributed by atoms with E-state index in [0.29, 0.717) is 0 Å². The van der Waals surface area contributed by atoms with Gasteiger partial charge in [0.2, 0.25) is 5.91 Å². The van der Waals surface area contributed by atoms with E-state index in [-0.39, 0.29) is 12.5 Å². The highest BCUT2D eigenvalue weighted by atomic mass is 32.1. The number of aryl methyl sites for hydroxylation is 1. The number of hydrogen-bond acceptors (Lipinski definition) is 3. The van der Waals surface area contributed by atoms with E-state index < -0.39 is 5.97 Å². The Morgan fingerprint density at radius 1 is 1.53 bits per heavy atom. The van der Waals surface area contributed by atoms with E-state index in [1.54, 1.807) is 0 Å². The van der Waals surface area contributed by atoms with E-state index in [1.165, 1.54) is 18.2 Å². The first kappa shape index (κ1) is 13.6. The summed E-state index contributed by atoms with van der Waals surface area (Å²) < 4.78 is 0. The van der Waals surface area contributed by atoms with Crippen molar-refractivity contribution in [1.82, 2.24) is 5.32 Å². The summed E-state index contributed by atoms with van der Waals surface area (Å²) in [7, 11) is 0. The standard InChI is InChI=1S/C6H8S.C4H7NO3/c1-2-6-4-3-5-7-6;1-3(6)5-2-4(7)8/h3-5H,2H2,1H3;2H2,1H3,(H,5,6)(H,7,8). The van der Waals surface area contributed by atoms with Gasteiger partial charge in [0.1, 0.15) is 6.54 Å². The molecule has 0 aliphatic heterocycles. The summed E-state index contributed by atoms with van der Waals surface area (Å²) in [4.78, 5) is 21.1. The third-order valence-corrected chi connectivity index (χ3v) is 2.44. The topological polar surface area (TPSA) is 66.4 Å². The van der Waals surface area contributed by atoms with Gasteiger partial charge in [0.15, 0.2) is 0 Å². The molecule has 1 amide bonds. The van der Waals surface area contributed by atoms with Crippen LogP contribution in [0.25, 0.3) is 0 Å². The van der Waals surface area contributed by atoms with Crippen molar-refractivity contribution in [2.75, 3.05) is 6.54 Å². The lowest BCUT2D eigenvalue weighted by molar-refractivity contribution is -0.137. The van der Waals surface area contributed by atoms with Gasteiger partial charge in [-0.1, -0.05) is 13.0 Å². The molecule has 5 heteroatoms. The summed E-state index contributed by atoms with van der Waals surface area (Å²) in [6, 6.07) is 4.24. The zero-order valence-corrected chi connectivity index (χ0v) is 9.63. The molecule has 0 bridgehead atoms. The molecule has 0 spiro atoms. The maximum atomic E-state index is 9.97. The lowest BCUT2D eigenvalue weighted by atomic mass is 10.4. The van der Waals surface area contributed by atoms with Gasteiger partial charge in [-0.2, -0.15) is 0 Å². The number of carbonyl (C=O) groups excluding carboxylic acids is 1. The average Bonchev–Trinajstić information content (AvgIpc) is 2.68.